The monoisotopic (exact) mass is 176 g/mol. The summed E-state index contributed by atoms with van der Waals surface area (Å²) in [5.41, 5.74) is 0. The molecule has 0 aliphatic heterocycles. The molecule has 5 heteroatoms. The first-order chi connectivity index (χ1) is 2.56. The van der Waals surface area contributed by atoms with Crippen molar-refractivity contribution >= 4 is 23.4 Å². The first-order valence-electron chi connectivity index (χ1n) is 1.01. The Morgan fingerprint density at radius 3 is 1.50 bits per heavy atom. The lowest BCUT2D eigenvalue weighted by Gasteiger charge is -1.93. The highest BCUT2D eigenvalue weighted by Gasteiger charge is 2.25. The Morgan fingerprint density at radius 1 is 1.33 bits per heavy atom. The molecule has 0 rings (SSSR count). The van der Waals surface area contributed by atoms with Crippen molar-refractivity contribution in [1.82, 2.24) is 0 Å². The zero-order chi connectivity index (χ0) is 5.21. The maximum Gasteiger partial charge on any atom is 0.370 e. The van der Waals surface area contributed by atoms with Crippen molar-refractivity contribution in [1.29, 1.82) is 0 Å². The van der Waals surface area contributed by atoms with Gasteiger partial charge in [-0.1, -0.05) is 0 Å². The lowest BCUT2D eigenvalue weighted by Crippen LogP contribution is -2.11. The van der Waals surface area contributed by atoms with Crippen LogP contribution in [0, 0.1) is 0 Å². The quantitative estimate of drug-likeness (QED) is 0.388. The van der Waals surface area contributed by atoms with Gasteiger partial charge >= 0.3 is 5.80 Å². The van der Waals surface area contributed by atoms with Crippen LogP contribution in [0.1, 0.15) is 0 Å². The molecular formula is CBrF3Si. The summed E-state index contributed by atoms with van der Waals surface area (Å²) in [6.45, 7) is 0. The third-order valence-electron chi connectivity index (χ3n) is 0.107. The Kier molecular flexibility index (Phi) is 2.13. The van der Waals surface area contributed by atoms with Gasteiger partial charge < -0.3 is 0 Å². The van der Waals surface area contributed by atoms with E-state index < -0.39 is 13.9 Å². The molecule has 0 saturated carbocycles. The van der Waals surface area contributed by atoms with E-state index >= 15 is 0 Å². The first-order valence-corrected chi connectivity index (χ1v) is 4.26. The molecule has 0 unspecified atom stereocenters. The summed E-state index contributed by atoms with van der Waals surface area (Å²) >= 11 is 2.27. The van der Waals surface area contributed by atoms with Crippen molar-refractivity contribution in [3.05, 3.63) is 0 Å². The third kappa shape index (κ3) is 4.49. The van der Waals surface area contributed by atoms with Crippen LogP contribution in [0.4, 0.5) is 13.2 Å². The molecule has 6 heavy (non-hydrogen) atoms. The van der Waals surface area contributed by atoms with E-state index in [0.29, 0.717) is 0 Å². The summed E-state index contributed by atoms with van der Waals surface area (Å²) in [4.78, 5) is 0. The Bertz CT molecular complexity index is 40.5. The maximum absolute atomic E-state index is 10.8. The van der Waals surface area contributed by atoms with E-state index in [-0.39, 0.29) is 0 Å². The zero-order valence-corrected chi connectivity index (χ0v) is 5.10. The summed E-state index contributed by atoms with van der Waals surface area (Å²) in [7, 11) is -1.12. The molecule has 0 spiro atoms. The van der Waals surface area contributed by atoms with Crippen LogP contribution in [-0.4, -0.2) is 13.9 Å². The molecule has 0 saturated heterocycles. The van der Waals surface area contributed by atoms with Crippen LogP contribution < -0.4 is 0 Å². The Morgan fingerprint density at radius 2 is 1.50 bits per heavy atom. The highest BCUT2D eigenvalue weighted by atomic mass is 79.9. The average molecular weight is 177 g/mol. The molecule has 0 fully saturated rings. The van der Waals surface area contributed by atoms with Crippen LogP contribution in [0.3, 0.4) is 0 Å². The van der Waals surface area contributed by atoms with Gasteiger partial charge in [0.15, 0.2) is 0 Å². The van der Waals surface area contributed by atoms with Gasteiger partial charge in [0, 0.05) is 0 Å². The fourth-order valence-corrected chi connectivity index (χ4v) is 0. The molecule has 0 N–H and O–H groups in total. The number of hydrogen-bond acceptors (Lipinski definition) is 0. The second kappa shape index (κ2) is 1.97. The molecule has 0 aliphatic rings. The Labute approximate surface area is 43.1 Å². The molecular weight excluding hydrogens is 177 g/mol. The summed E-state index contributed by atoms with van der Waals surface area (Å²) in [5, 5.41) is 0. The molecule has 36 valence electrons. The number of halogens is 4. The van der Waals surface area contributed by atoms with Crippen LogP contribution >= 0.6 is 15.3 Å². The topological polar surface area (TPSA) is 0 Å². The summed E-state index contributed by atoms with van der Waals surface area (Å²) in [5.74, 6) is -4.01. The molecule has 0 nitrogen and oxygen atoms in total. The Balaban J connectivity index is 3.17. The van der Waals surface area contributed by atoms with Crippen LogP contribution in [-0.2, 0) is 0 Å². The lowest BCUT2D eigenvalue weighted by molar-refractivity contribution is -0.0439. The van der Waals surface area contributed by atoms with E-state index in [0.717, 1.165) is 0 Å². The van der Waals surface area contributed by atoms with Gasteiger partial charge in [-0.25, -0.2) is 0 Å². The summed E-state index contributed by atoms with van der Waals surface area (Å²) in [6, 6.07) is 0. The van der Waals surface area contributed by atoms with Crippen molar-refractivity contribution in [2.75, 3.05) is 0 Å². The van der Waals surface area contributed by atoms with Crippen LogP contribution in [0.25, 0.3) is 0 Å². The van der Waals surface area contributed by atoms with E-state index in [2.05, 4.69) is 15.3 Å². The van der Waals surface area contributed by atoms with Crippen molar-refractivity contribution in [3.63, 3.8) is 0 Å². The number of hydrogen-bond donors (Lipinski definition) is 0. The smallest absolute Gasteiger partial charge is 0.176 e. The molecule has 0 aromatic rings. The van der Waals surface area contributed by atoms with Crippen LogP contribution in [0.15, 0.2) is 0 Å². The van der Waals surface area contributed by atoms with Crippen molar-refractivity contribution in [3.8, 4) is 0 Å². The molecule has 0 aromatic carbocycles. The average Bonchev–Trinajstić information content (AvgIpc) is 1.35. The van der Waals surface area contributed by atoms with Gasteiger partial charge in [-0.2, -0.15) is 13.2 Å². The number of alkyl halides is 3. The molecule has 0 bridgehead atoms. The fraction of sp³-hybridized carbons (Fsp3) is 1.00. The fourth-order valence-electron chi connectivity index (χ4n) is 0. The van der Waals surface area contributed by atoms with Gasteiger partial charge in [0.2, 0.25) is 0 Å². The van der Waals surface area contributed by atoms with Crippen molar-refractivity contribution in [2.45, 2.75) is 5.80 Å². The third-order valence-corrected chi connectivity index (χ3v) is 1.67. The predicted octanol–water partition coefficient (Wildman–Crippen LogP) is 1.52. The summed E-state index contributed by atoms with van der Waals surface area (Å²) in [6.07, 6.45) is 0. The van der Waals surface area contributed by atoms with Gasteiger partial charge in [0.05, 0.1) is 0 Å². The first kappa shape index (κ1) is 6.49. The molecule has 0 aromatic heterocycles. The van der Waals surface area contributed by atoms with Crippen molar-refractivity contribution in [2.24, 2.45) is 0 Å². The molecule has 0 heterocycles. The molecule has 0 aliphatic carbocycles. The highest BCUT2D eigenvalue weighted by molar-refractivity contribution is 9.23. The van der Waals surface area contributed by atoms with E-state index in [1.807, 2.05) is 0 Å². The second-order valence-electron chi connectivity index (χ2n) is 0.592. The minimum atomic E-state index is -4.01. The predicted molar refractivity (Wildman–Crippen MR) is 20.7 cm³/mol. The van der Waals surface area contributed by atoms with Gasteiger partial charge in [-0.05, 0) is 0 Å². The van der Waals surface area contributed by atoms with Crippen molar-refractivity contribution < 1.29 is 13.2 Å². The zero-order valence-electron chi connectivity index (χ0n) is 2.51. The van der Waals surface area contributed by atoms with E-state index in [4.69, 9.17) is 0 Å². The molecule has 0 amide bonds. The molecule has 0 atom stereocenters. The SMILES string of the molecule is FC(F)(F)[Si]Br. The Hall–Kier alpha value is 0.487. The number of rotatable bonds is 0. The largest absolute Gasteiger partial charge is 0.370 e. The van der Waals surface area contributed by atoms with Crippen LogP contribution in [0.2, 0.25) is 0 Å². The van der Waals surface area contributed by atoms with Crippen LogP contribution in [0.5, 0.6) is 0 Å². The molecule has 2 radical (unpaired) electrons. The van der Waals surface area contributed by atoms with E-state index in [1.165, 1.54) is 0 Å². The van der Waals surface area contributed by atoms with Gasteiger partial charge in [-0.15, -0.1) is 15.3 Å². The van der Waals surface area contributed by atoms with Gasteiger partial charge in [0.25, 0.3) is 8.14 Å². The standard InChI is InChI=1S/CBrF3Si/c2-6-1(3,4)5. The summed E-state index contributed by atoms with van der Waals surface area (Å²) < 4.78 is 32.3. The van der Waals surface area contributed by atoms with E-state index in [1.54, 1.807) is 0 Å². The minimum absolute atomic E-state index is 1.12. The van der Waals surface area contributed by atoms with Gasteiger partial charge in [-0.3, -0.25) is 0 Å². The van der Waals surface area contributed by atoms with E-state index in [9.17, 15) is 13.2 Å². The lowest BCUT2D eigenvalue weighted by atomic mass is 11.5. The highest BCUT2D eigenvalue weighted by Crippen LogP contribution is 2.13. The minimum Gasteiger partial charge on any atom is -0.176 e. The maximum atomic E-state index is 10.8. The second-order valence-corrected chi connectivity index (χ2v) is 2.54. The normalized spacial score (nSPS) is 12.0. The van der Waals surface area contributed by atoms with Gasteiger partial charge in [0.1, 0.15) is 0 Å².